The molecule has 1 amide bonds. The van der Waals surface area contributed by atoms with Crippen molar-refractivity contribution in [3.8, 4) is 0 Å². The van der Waals surface area contributed by atoms with Gasteiger partial charge < -0.3 is 10.2 Å². The highest BCUT2D eigenvalue weighted by Crippen LogP contribution is 2.22. The second-order valence-electron chi connectivity index (χ2n) is 6.84. The van der Waals surface area contributed by atoms with Crippen molar-refractivity contribution < 1.29 is 4.79 Å². The van der Waals surface area contributed by atoms with Crippen molar-refractivity contribution in [2.24, 2.45) is 5.92 Å². The molecule has 7 heteroatoms. The lowest BCUT2D eigenvalue weighted by atomic mass is 10.2. The van der Waals surface area contributed by atoms with Gasteiger partial charge in [-0.1, -0.05) is 31.5 Å². The zero-order valence-electron chi connectivity index (χ0n) is 16.0. The van der Waals surface area contributed by atoms with E-state index in [0.29, 0.717) is 17.6 Å². The van der Waals surface area contributed by atoms with Crippen molar-refractivity contribution >= 4 is 29.4 Å². The van der Waals surface area contributed by atoms with E-state index in [2.05, 4.69) is 29.2 Å². The van der Waals surface area contributed by atoms with Crippen molar-refractivity contribution in [2.75, 3.05) is 19.0 Å². The standard InChI is InChI=1S/C19H26ClN5O/c1-13(2)12-25-19(20)16(14(3)23-25)7-9-18(26)22-11-15-6-8-17(21-10-15)24(4)5/h6-10,13H,11-12H2,1-5H3,(H,22,26)/b9-7+. The maximum absolute atomic E-state index is 12.1. The SMILES string of the molecule is Cc1nn(CC(C)C)c(Cl)c1/C=C/C(=O)NCc1ccc(N(C)C)nc1. The summed E-state index contributed by atoms with van der Waals surface area (Å²) in [6.45, 7) is 7.27. The van der Waals surface area contributed by atoms with Gasteiger partial charge in [-0.05, 0) is 30.5 Å². The molecular formula is C19H26ClN5O. The Hall–Kier alpha value is -2.34. The van der Waals surface area contributed by atoms with Crippen molar-refractivity contribution in [1.29, 1.82) is 0 Å². The molecule has 0 aliphatic rings. The minimum atomic E-state index is -0.186. The molecule has 26 heavy (non-hydrogen) atoms. The average molecular weight is 376 g/mol. The zero-order chi connectivity index (χ0) is 19.3. The quantitative estimate of drug-likeness (QED) is 0.754. The van der Waals surface area contributed by atoms with E-state index in [4.69, 9.17) is 11.6 Å². The number of hydrogen-bond donors (Lipinski definition) is 1. The van der Waals surface area contributed by atoms with E-state index in [1.165, 1.54) is 6.08 Å². The Morgan fingerprint density at radius 2 is 2.12 bits per heavy atom. The maximum Gasteiger partial charge on any atom is 0.244 e. The van der Waals surface area contributed by atoms with Crippen LogP contribution in [0.4, 0.5) is 5.82 Å². The lowest BCUT2D eigenvalue weighted by Gasteiger charge is -2.11. The number of anilines is 1. The number of nitrogens with zero attached hydrogens (tertiary/aromatic N) is 4. The van der Waals surface area contributed by atoms with E-state index in [9.17, 15) is 4.79 Å². The number of carbonyl (C=O) groups excluding carboxylic acids is 1. The van der Waals surface area contributed by atoms with E-state index < -0.39 is 0 Å². The molecular weight excluding hydrogens is 350 g/mol. The number of aromatic nitrogens is 3. The first-order chi connectivity index (χ1) is 12.3. The van der Waals surface area contributed by atoms with Crippen molar-refractivity contribution in [2.45, 2.75) is 33.9 Å². The summed E-state index contributed by atoms with van der Waals surface area (Å²) < 4.78 is 1.77. The van der Waals surface area contributed by atoms with Gasteiger partial charge in [0.25, 0.3) is 0 Å². The fraction of sp³-hybridized carbons (Fsp3) is 0.421. The molecule has 2 heterocycles. The largest absolute Gasteiger partial charge is 0.363 e. The molecule has 0 aliphatic heterocycles. The Morgan fingerprint density at radius 3 is 2.69 bits per heavy atom. The first kappa shape index (κ1) is 20.0. The number of halogens is 1. The van der Waals surface area contributed by atoms with E-state index in [0.717, 1.165) is 29.2 Å². The number of carbonyl (C=O) groups is 1. The fourth-order valence-electron chi connectivity index (χ4n) is 2.42. The second kappa shape index (κ2) is 8.85. The van der Waals surface area contributed by atoms with Crippen LogP contribution in [-0.2, 0) is 17.9 Å². The molecule has 140 valence electrons. The molecule has 0 unspecified atom stereocenters. The Bertz CT molecular complexity index is 778. The van der Waals surface area contributed by atoms with Gasteiger partial charge in [0.15, 0.2) is 0 Å². The normalized spacial score (nSPS) is 11.3. The van der Waals surface area contributed by atoms with Gasteiger partial charge in [0.05, 0.1) is 5.69 Å². The minimum absolute atomic E-state index is 0.186. The van der Waals surface area contributed by atoms with E-state index in [-0.39, 0.29) is 5.91 Å². The van der Waals surface area contributed by atoms with Crippen LogP contribution in [0.3, 0.4) is 0 Å². The molecule has 6 nitrogen and oxygen atoms in total. The first-order valence-electron chi connectivity index (χ1n) is 8.59. The van der Waals surface area contributed by atoms with E-state index in [1.54, 1.807) is 17.0 Å². The zero-order valence-corrected chi connectivity index (χ0v) is 16.7. The Labute approximate surface area is 159 Å². The van der Waals surface area contributed by atoms with Crippen LogP contribution in [0.15, 0.2) is 24.4 Å². The molecule has 0 fully saturated rings. The third-order valence-corrected chi connectivity index (χ3v) is 4.18. The summed E-state index contributed by atoms with van der Waals surface area (Å²) in [5.41, 5.74) is 2.53. The number of pyridine rings is 1. The van der Waals surface area contributed by atoms with Crippen molar-refractivity contribution in [3.05, 3.63) is 46.4 Å². The average Bonchev–Trinajstić information content (AvgIpc) is 2.84. The number of hydrogen-bond acceptors (Lipinski definition) is 4. The highest BCUT2D eigenvalue weighted by molar-refractivity contribution is 6.31. The molecule has 0 atom stereocenters. The topological polar surface area (TPSA) is 63.1 Å². The van der Waals surface area contributed by atoms with Gasteiger partial charge in [-0.3, -0.25) is 9.48 Å². The lowest BCUT2D eigenvalue weighted by molar-refractivity contribution is -0.116. The predicted octanol–water partition coefficient (Wildman–Crippen LogP) is 3.29. The summed E-state index contributed by atoms with van der Waals surface area (Å²) in [4.78, 5) is 18.3. The molecule has 2 aromatic heterocycles. The van der Waals surface area contributed by atoms with Gasteiger partial charge in [-0.2, -0.15) is 5.10 Å². The van der Waals surface area contributed by atoms with Gasteiger partial charge in [0.1, 0.15) is 11.0 Å². The van der Waals surface area contributed by atoms with Crippen LogP contribution in [0.1, 0.15) is 30.7 Å². The van der Waals surface area contributed by atoms with Crippen LogP contribution in [0.25, 0.3) is 6.08 Å². The number of rotatable bonds is 7. The summed E-state index contributed by atoms with van der Waals surface area (Å²) in [5, 5.41) is 7.84. The summed E-state index contributed by atoms with van der Waals surface area (Å²) in [7, 11) is 3.87. The monoisotopic (exact) mass is 375 g/mol. The number of nitrogens with one attached hydrogen (secondary N) is 1. The number of amides is 1. The van der Waals surface area contributed by atoms with Gasteiger partial charge in [-0.15, -0.1) is 0 Å². The molecule has 0 spiro atoms. The van der Waals surface area contributed by atoms with Gasteiger partial charge in [0, 0.05) is 45.0 Å². The molecule has 2 rings (SSSR count). The van der Waals surface area contributed by atoms with Crippen LogP contribution < -0.4 is 10.2 Å². The van der Waals surface area contributed by atoms with Crippen LogP contribution in [0.2, 0.25) is 5.15 Å². The van der Waals surface area contributed by atoms with Gasteiger partial charge in [-0.25, -0.2) is 4.98 Å². The third-order valence-electron chi connectivity index (χ3n) is 3.78. The van der Waals surface area contributed by atoms with Crippen LogP contribution in [0.5, 0.6) is 0 Å². The van der Waals surface area contributed by atoms with Gasteiger partial charge in [0.2, 0.25) is 5.91 Å². The maximum atomic E-state index is 12.1. The van der Waals surface area contributed by atoms with E-state index >= 15 is 0 Å². The molecule has 0 bridgehead atoms. The summed E-state index contributed by atoms with van der Waals surface area (Å²) in [5.74, 6) is 1.14. The van der Waals surface area contributed by atoms with Crippen molar-refractivity contribution in [3.63, 3.8) is 0 Å². The molecule has 0 radical (unpaired) electrons. The highest BCUT2D eigenvalue weighted by Gasteiger charge is 2.12. The smallest absolute Gasteiger partial charge is 0.244 e. The lowest BCUT2D eigenvalue weighted by Crippen LogP contribution is -2.20. The predicted molar refractivity (Wildman–Crippen MR) is 106 cm³/mol. The molecule has 0 aliphatic carbocycles. The van der Waals surface area contributed by atoms with Crippen LogP contribution in [0, 0.1) is 12.8 Å². The van der Waals surface area contributed by atoms with Crippen LogP contribution >= 0.6 is 11.6 Å². The second-order valence-corrected chi connectivity index (χ2v) is 7.19. The number of aryl methyl sites for hydroxylation is 1. The fourth-order valence-corrected chi connectivity index (χ4v) is 2.72. The Balaban J connectivity index is 1.96. The highest BCUT2D eigenvalue weighted by atomic mass is 35.5. The molecule has 0 aromatic carbocycles. The first-order valence-corrected chi connectivity index (χ1v) is 8.96. The summed E-state index contributed by atoms with van der Waals surface area (Å²) >= 11 is 6.38. The Kier molecular flexibility index (Phi) is 6.80. The molecule has 0 saturated carbocycles. The summed E-state index contributed by atoms with van der Waals surface area (Å²) in [6.07, 6.45) is 4.96. The summed E-state index contributed by atoms with van der Waals surface area (Å²) in [6, 6.07) is 3.87. The molecule has 1 N–H and O–H groups in total. The van der Waals surface area contributed by atoms with E-state index in [1.807, 2.05) is 38.1 Å². The third kappa shape index (κ3) is 5.33. The minimum Gasteiger partial charge on any atom is -0.363 e. The van der Waals surface area contributed by atoms with Crippen LogP contribution in [-0.4, -0.2) is 34.8 Å². The van der Waals surface area contributed by atoms with Crippen molar-refractivity contribution in [1.82, 2.24) is 20.1 Å². The molecule has 2 aromatic rings. The molecule has 0 saturated heterocycles. The van der Waals surface area contributed by atoms with Gasteiger partial charge >= 0.3 is 0 Å². The Morgan fingerprint density at radius 1 is 1.38 bits per heavy atom.